The Labute approximate surface area is 165 Å². The zero-order chi connectivity index (χ0) is 20.0. The number of ether oxygens (including phenoxy) is 2. The number of amides is 1. The van der Waals surface area contributed by atoms with Gasteiger partial charge < -0.3 is 19.7 Å². The monoisotopic (exact) mass is 397 g/mol. The highest BCUT2D eigenvalue weighted by Crippen LogP contribution is 2.24. The first-order valence-electron chi connectivity index (χ1n) is 9.26. The number of esters is 1. The first kappa shape index (κ1) is 21.3. The van der Waals surface area contributed by atoms with Crippen molar-refractivity contribution in [1.29, 1.82) is 0 Å². The summed E-state index contributed by atoms with van der Waals surface area (Å²) in [6.45, 7) is 8.85. The van der Waals surface area contributed by atoms with Crippen LogP contribution >= 0.6 is 11.6 Å². The summed E-state index contributed by atoms with van der Waals surface area (Å²) in [6, 6.07) is 1.73. The van der Waals surface area contributed by atoms with E-state index in [9.17, 15) is 9.59 Å². The van der Waals surface area contributed by atoms with Crippen molar-refractivity contribution in [1.82, 2.24) is 9.88 Å². The Morgan fingerprint density at radius 1 is 1.33 bits per heavy atom. The molecule has 150 valence electrons. The molecule has 0 spiro atoms. The third kappa shape index (κ3) is 6.57. The summed E-state index contributed by atoms with van der Waals surface area (Å²) in [4.78, 5) is 30.1. The van der Waals surface area contributed by atoms with E-state index in [1.807, 2.05) is 20.8 Å². The summed E-state index contributed by atoms with van der Waals surface area (Å²) in [7, 11) is 0. The molecule has 0 saturated carbocycles. The molecule has 1 saturated heterocycles. The van der Waals surface area contributed by atoms with E-state index < -0.39 is 11.6 Å². The molecule has 8 heteroatoms. The summed E-state index contributed by atoms with van der Waals surface area (Å²) in [6.07, 6.45) is 3.57. The van der Waals surface area contributed by atoms with Crippen LogP contribution in [-0.2, 0) is 9.47 Å². The van der Waals surface area contributed by atoms with Gasteiger partial charge in [-0.3, -0.25) is 0 Å². The highest BCUT2D eigenvalue weighted by Gasteiger charge is 2.26. The lowest BCUT2D eigenvalue weighted by Gasteiger charge is -2.26. The first-order chi connectivity index (χ1) is 12.7. The molecule has 1 aliphatic heterocycles. The summed E-state index contributed by atoms with van der Waals surface area (Å²) >= 11 is 6.00. The van der Waals surface area contributed by atoms with Gasteiger partial charge in [0.25, 0.3) is 0 Å². The number of anilines is 1. The van der Waals surface area contributed by atoms with E-state index in [1.165, 1.54) is 6.20 Å². The fraction of sp³-hybridized carbons (Fsp3) is 0.632. The van der Waals surface area contributed by atoms with Crippen molar-refractivity contribution in [2.45, 2.75) is 58.6 Å². The van der Waals surface area contributed by atoms with Gasteiger partial charge in [0.05, 0.1) is 12.3 Å². The van der Waals surface area contributed by atoms with Crippen LogP contribution in [0.4, 0.5) is 10.5 Å². The Morgan fingerprint density at radius 2 is 2.07 bits per heavy atom. The van der Waals surface area contributed by atoms with Crippen LogP contribution in [0.3, 0.4) is 0 Å². The fourth-order valence-corrected chi connectivity index (χ4v) is 3.05. The summed E-state index contributed by atoms with van der Waals surface area (Å²) in [5.74, 6) is -0.437. The van der Waals surface area contributed by atoms with Crippen LogP contribution in [0.25, 0.3) is 0 Å². The first-order valence-corrected chi connectivity index (χ1v) is 9.64. The average Bonchev–Trinajstić information content (AvgIpc) is 2.79. The second-order valence-corrected chi connectivity index (χ2v) is 7.90. The topological polar surface area (TPSA) is 80.8 Å². The van der Waals surface area contributed by atoms with Gasteiger partial charge in [0.2, 0.25) is 0 Å². The number of aromatic nitrogens is 1. The van der Waals surface area contributed by atoms with E-state index in [0.717, 1.165) is 19.3 Å². The van der Waals surface area contributed by atoms with Gasteiger partial charge in [-0.2, -0.15) is 0 Å². The Morgan fingerprint density at radius 3 is 2.74 bits per heavy atom. The van der Waals surface area contributed by atoms with E-state index in [-0.39, 0.29) is 18.7 Å². The maximum Gasteiger partial charge on any atom is 0.410 e. The van der Waals surface area contributed by atoms with Gasteiger partial charge >= 0.3 is 12.1 Å². The molecular weight excluding hydrogens is 370 g/mol. The molecule has 1 aromatic rings. The van der Waals surface area contributed by atoms with Crippen LogP contribution in [0.1, 0.15) is 57.3 Å². The van der Waals surface area contributed by atoms with E-state index in [0.29, 0.717) is 29.5 Å². The molecule has 1 fully saturated rings. The largest absolute Gasteiger partial charge is 0.462 e. The van der Waals surface area contributed by atoms with Crippen LogP contribution in [0.15, 0.2) is 12.3 Å². The molecule has 2 rings (SSSR count). The molecule has 0 unspecified atom stereocenters. The van der Waals surface area contributed by atoms with Crippen LogP contribution in [0, 0.1) is 0 Å². The SMILES string of the molecule is CCOC(=O)c1cnc(Cl)cc1N[C@H]1CCCN(C(=O)OC(C)(C)C)CC1. The van der Waals surface area contributed by atoms with Crippen molar-refractivity contribution in [2.24, 2.45) is 0 Å². The minimum absolute atomic E-state index is 0.101. The molecule has 1 amide bonds. The van der Waals surface area contributed by atoms with E-state index >= 15 is 0 Å². The molecule has 27 heavy (non-hydrogen) atoms. The Balaban J connectivity index is 2.04. The molecule has 0 aliphatic carbocycles. The van der Waals surface area contributed by atoms with Crippen LogP contribution in [0.5, 0.6) is 0 Å². The van der Waals surface area contributed by atoms with E-state index in [4.69, 9.17) is 21.1 Å². The lowest BCUT2D eigenvalue weighted by atomic mass is 10.1. The number of hydrogen-bond acceptors (Lipinski definition) is 6. The average molecular weight is 398 g/mol. The third-order valence-corrected chi connectivity index (χ3v) is 4.31. The number of rotatable bonds is 4. The second kappa shape index (κ2) is 9.26. The minimum atomic E-state index is -0.511. The number of halogens is 1. The molecule has 1 aromatic heterocycles. The zero-order valence-corrected chi connectivity index (χ0v) is 17.1. The molecule has 0 bridgehead atoms. The van der Waals surface area contributed by atoms with Gasteiger partial charge in [-0.15, -0.1) is 0 Å². The van der Waals surface area contributed by atoms with Gasteiger partial charge in [0, 0.05) is 25.3 Å². The van der Waals surface area contributed by atoms with Crippen LogP contribution < -0.4 is 5.32 Å². The summed E-state index contributed by atoms with van der Waals surface area (Å²) in [5, 5.41) is 3.67. The number of pyridine rings is 1. The minimum Gasteiger partial charge on any atom is -0.462 e. The van der Waals surface area contributed by atoms with Crippen molar-refractivity contribution in [3.05, 3.63) is 23.0 Å². The van der Waals surface area contributed by atoms with Crippen molar-refractivity contribution in [3.8, 4) is 0 Å². The molecule has 7 nitrogen and oxygen atoms in total. The number of likely N-dealkylation sites (tertiary alicyclic amines) is 1. The number of carbonyl (C=O) groups excluding carboxylic acids is 2. The predicted octanol–water partition coefficient (Wildman–Crippen LogP) is 4.11. The standard InChI is InChI=1S/C19H28ClN3O4/c1-5-26-17(24)14-12-21-16(20)11-15(14)22-13-7-6-9-23(10-8-13)18(25)27-19(2,3)4/h11-13H,5-10H2,1-4H3,(H,21,22)/t13-/m0/s1. The normalized spacial score (nSPS) is 17.8. The van der Waals surface area contributed by atoms with Gasteiger partial charge in [-0.1, -0.05) is 11.6 Å². The van der Waals surface area contributed by atoms with Gasteiger partial charge in [0.15, 0.2) is 0 Å². The highest BCUT2D eigenvalue weighted by molar-refractivity contribution is 6.29. The van der Waals surface area contributed by atoms with Crippen molar-refractivity contribution in [2.75, 3.05) is 25.0 Å². The van der Waals surface area contributed by atoms with Crippen molar-refractivity contribution < 1.29 is 19.1 Å². The quantitative estimate of drug-likeness (QED) is 0.608. The third-order valence-electron chi connectivity index (χ3n) is 4.11. The number of hydrogen-bond donors (Lipinski definition) is 1. The number of nitrogens with zero attached hydrogens (tertiary/aromatic N) is 2. The molecule has 0 radical (unpaired) electrons. The summed E-state index contributed by atoms with van der Waals surface area (Å²) < 4.78 is 10.5. The van der Waals surface area contributed by atoms with Gasteiger partial charge in [-0.25, -0.2) is 14.6 Å². The van der Waals surface area contributed by atoms with Gasteiger partial charge in [0.1, 0.15) is 16.3 Å². The molecule has 0 aromatic carbocycles. The van der Waals surface area contributed by atoms with E-state index in [2.05, 4.69) is 10.3 Å². The second-order valence-electron chi connectivity index (χ2n) is 7.51. The van der Waals surface area contributed by atoms with Crippen molar-refractivity contribution in [3.63, 3.8) is 0 Å². The Bertz CT molecular complexity index is 675. The molecular formula is C19H28ClN3O4. The zero-order valence-electron chi connectivity index (χ0n) is 16.4. The molecule has 1 N–H and O–H groups in total. The predicted molar refractivity (Wildman–Crippen MR) is 104 cm³/mol. The van der Waals surface area contributed by atoms with Crippen molar-refractivity contribution >= 4 is 29.4 Å². The van der Waals surface area contributed by atoms with Crippen LogP contribution in [0.2, 0.25) is 5.15 Å². The molecule has 1 aliphatic rings. The highest BCUT2D eigenvalue weighted by atomic mass is 35.5. The number of carbonyl (C=O) groups is 2. The smallest absolute Gasteiger partial charge is 0.410 e. The fourth-order valence-electron chi connectivity index (χ4n) is 2.89. The summed E-state index contributed by atoms with van der Waals surface area (Å²) in [5.41, 5.74) is 0.447. The lowest BCUT2D eigenvalue weighted by molar-refractivity contribution is 0.0256. The lowest BCUT2D eigenvalue weighted by Crippen LogP contribution is -2.37. The van der Waals surface area contributed by atoms with Crippen LogP contribution in [-0.4, -0.2) is 53.3 Å². The molecule has 1 atom stereocenters. The Kier molecular flexibility index (Phi) is 7.30. The molecule has 2 heterocycles. The van der Waals surface area contributed by atoms with E-state index in [1.54, 1.807) is 17.9 Å². The van der Waals surface area contributed by atoms with Gasteiger partial charge in [-0.05, 0) is 53.0 Å². The Hall–Kier alpha value is -2.02. The maximum absolute atomic E-state index is 12.3. The number of nitrogens with one attached hydrogen (secondary N) is 1. The maximum atomic E-state index is 12.3.